The van der Waals surface area contributed by atoms with Crippen molar-refractivity contribution < 1.29 is 5.11 Å². The summed E-state index contributed by atoms with van der Waals surface area (Å²) >= 11 is 3.43. The van der Waals surface area contributed by atoms with Crippen molar-refractivity contribution in [3.05, 3.63) is 29.0 Å². The highest BCUT2D eigenvalue weighted by Gasteiger charge is 2.23. The number of rotatable bonds is 2. The fraction of sp³-hybridized carbons (Fsp3) is 0.467. The van der Waals surface area contributed by atoms with Gasteiger partial charge < -0.3 is 10.0 Å². The zero-order valence-electron chi connectivity index (χ0n) is 11.5. The van der Waals surface area contributed by atoms with Crippen molar-refractivity contribution in [3.63, 3.8) is 0 Å². The number of piperidine rings is 1. The lowest BCUT2D eigenvalue weighted by Gasteiger charge is -2.35. The van der Waals surface area contributed by atoms with Crippen LogP contribution in [0.4, 0.5) is 5.69 Å². The summed E-state index contributed by atoms with van der Waals surface area (Å²) in [5.41, 5.74) is 3.01. The monoisotopic (exact) mass is 335 g/mol. The summed E-state index contributed by atoms with van der Waals surface area (Å²) in [6, 6.07) is 4.03. The van der Waals surface area contributed by atoms with E-state index < -0.39 is 0 Å². The molecule has 20 heavy (non-hydrogen) atoms. The van der Waals surface area contributed by atoms with E-state index in [1.807, 2.05) is 31.5 Å². The standard InChI is InChI=1S/C15H18BrN3O/c1-10(20)11-3-6-19(7-4-11)14-2-5-17-13-8-12(16)9-18-15(13)14/h2,5,8-11,20H,3-4,6-7H2,1H3. The van der Waals surface area contributed by atoms with E-state index in [0.717, 1.165) is 47.1 Å². The molecule has 1 aliphatic rings. The lowest BCUT2D eigenvalue weighted by Crippen LogP contribution is -2.37. The second-order valence-electron chi connectivity index (χ2n) is 5.42. The molecule has 1 saturated heterocycles. The van der Waals surface area contributed by atoms with Gasteiger partial charge >= 0.3 is 0 Å². The Balaban J connectivity index is 1.88. The molecule has 0 saturated carbocycles. The lowest BCUT2D eigenvalue weighted by molar-refractivity contribution is 0.110. The summed E-state index contributed by atoms with van der Waals surface area (Å²) < 4.78 is 0.947. The highest BCUT2D eigenvalue weighted by atomic mass is 79.9. The number of nitrogens with zero attached hydrogens (tertiary/aromatic N) is 3. The molecule has 0 radical (unpaired) electrons. The molecule has 106 valence electrons. The highest BCUT2D eigenvalue weighted by Crippen LogP contribution is 2.29. The first kappa shape index (κ1) is 13.8. The molecule has 0 aromatic carbocycles. The predicted octanol–water partition coefficient (Wildman–Crippen LogP) is 2.99. The summed E-state index contributed by atoms with van der Waals surface area (Å²) in [5.74, 6) is 0.418. The fourth-order valence-electron chi connectivity index (χ4n) is 2.87. The van der Waals surface area contributed by atoms with Crippen LogP contribution in [0.15, 0.2) is 29.0 Å². The van der Waals surface area contributed by atoms with E-state index in [2.05, 4.69) is 30.8 Å². The van der Waals surface area contributed by atoms with Crippen molar-refractivity contribution >= 4 is 32.7 Å². The molecule has 3 heterocycles. The van der Waals surface area contributed by atoms with Gasteiger partial charge in [0.05, 0.1) is 17.3 Å². The van der Waals surface area contributed by atoms with Gasteiger partial charge in [0, 0.05) is 30.0 Å². The molecule has 0 spiro atoms. The Morgan fingerprint density at radius 3 is 2.80 bits per heavy atom. The Labute approximate surface area is 127 Å². The minimum atomic E-state index is -0.208. The van der Waals surface area contributed by atoms with Crippen molar-refractivity contribution in [2.75, 3.05) is 18.0 Å². The van der Waals surface area contributed by atoms with E-state index >= 15 is 0 Å². The number of hydrogen-bond donors (Lipinski definition) is 1. The minimum absolute atomic E-state index is 0.208. The van der Waals surface area contributed by atoms with Crippen LogP contribution in [0.5, 0.6) is 0 Å². The van der Waals surface area contributed by atoms with Crippen molar-refractivity contribution in [3.8, 4) is 0 Å². The summed E-state index contributed by atoms with van der Waals surface area (Å²) in [4.78, 5) is 11.2. The normalized spacial score (nSPS) is 18.4. The number of pyridine rings is 2. The van der Waals surface area contributed by atoms with Crippen LogP contribution in [0.1, 0.15) is 19.8 Å². The van der Waals surface area contributed by atoms with Gasteiger partial charge in [-0.05, 0) is 53.7 Å². The van der Waals surface area contributed by atoms with E-state index in [4.69, 9.17) is 0 Å². The molecule has 1 aliphatic heterocycles. The first-order valence-corrected chi connectivity index (χ1v) is 7.78. The van der Waals surface area contributed by atoms with Crippen LogP contribution < -0.4 is 4.90 Å². The first-order chi connectivity index (χ1) is 9.65. The molecule has 0 aliphatic carbocycles. The van der Waals surface area contributed by atoms with E-state index in [1.165, 1.54) is 0 Å². The molecule has 0 bridgehead atoms. The SMILES string of the molecule is CC(O)C1CCN(c2ccnc3cc(Br)cnc23)CC1. The van der Waals surface area contributed by atoms with Crippen LogP contribution in [-0.2, 0) is 0 Å². The van der Waals surface area contributed by atoms with Gasteiger partial charge in [-0.2, -0.15) is 0 Å². The Kier molecular flexibility index (Phi) is 3.89. The summed E-state index contributed by atoms with van der Waals surface area (Å²) in [6.07, 6.45) is 5.50. The molecule has 5 heteroatoms. The van der Waals surface area contributed by atoms with Crippen LogP contribution in [0, 0.1) is 5.92 Å². The average Bonchev–Trinajstić information content (AvgIpc) is 2.46. The zero-order chi connectivity index (χ0) is 14.1. The van der Waals surface area contributed by atoms with Crippen LogP contribution >= 0.6 is 15.9 Å². The highest BCUT2D eigenvalue weighted by molar-refractivity contribution is 9.10. The molecule has 4 nitrogen and oxygen atoms in total. The molecule has 1 atom stereocenters. The van der Waals surface area contributed by atoms with Crippen LogP contribution in [0.3, 0.4) is 0 Å². The van der Waals surface area contributed by atoms with Gasteiger partial charge in [-0.15, -0.1) is 0 Å². The summed E-state index contributed by atoms with van der Waals surface area (Å²) in [7, 11) is 0. The topological polar surface area (TPSA) is 49.2 Å². The van der Waals surface area contributed by atoms with Crippen molar-refractivity contribution in [2.45, 2.75) is 25.9 Å². The third-order valence-electron chi connectivity index (χ3n) is 4.09. The minimum Gasteiger partial charge on any atom is -0.393 e. The molecule has 1 N–H and O–H groups in total. The number of halogens is 1. The molecular weight excluding hydrogens is 318 g/mol. The summed E-state index contributed by atoms with van der Waals surface area (Å²) in [6.45, 7) is 3.82. The molecule has 3 rings (SSSR count). The van der Waals surface area contributed by atoms with Crippen LogP contribution in [0.25, 0.3) is 11.0 Å². The number of aromatic nitrogens is 2. The molecule has 1 fully saturated rings. The van der Waals surface area contributed by atoms with Gasteiger partial charge in [0.15, 0.2) is 0 Å². The Morgan fingerprint density at radius 1 is 1.35 bits per heavy atom. The van der Waals surface area contributed by atoms with E-state index in [-0.39, 0.29) is 6.10 Å². The Bertz CT molecular complexity index is 609. The third-order valence-corrected chi connectivity index (χ3v) is 4.52. The van der Waals surface area contributed by atoms with Crippen molar-refractivity contribution in [2.24, 2.45) is 5.92 Å². The number of hydrogen-bond acceptors (Lipinski definition) is 4. The Morgan fingerprint density at radius 2 is 2.10 bits per heavy atom. The van der Waals surface area contributed by atoms with Crippen molar-refractivity contribution in [1.82, 2.24) is 9.97 Å². The van der Waals surface area contributed by atoms with Crippen LogP contribution in [-0.4, -0.2) is 34.3 Å². The molecular formula is C15H18BrN3O. The second kappa shape index (κ2) is 5.66. The third kappa shape index (κ3) is 2.65. The molecule has 0 amide bonds. The van der Waals surface area contributed by atoms with E-state index in [9.17, 15) is 5.11 Å². The number of aliphatic hydroxyl groups excluding tert-OH is 1. The molecule has 1 unspecified atom stereocenters. The molecule has 2 aromatic rings. The quantitative estimate of drug-likeness (QED) is 0.916. The smallest absolute Gasteiger partial charge is 0.112 e. The Hall–Kier alpha value is -1.20. The first-order valence-electron chi connectivity index (χ1n) is 6.98. The lowest BCUT2D eigenvalue weighted by atomic mass is 9.92. The van der Waals surface area contributed by atoms with Crippen molar-refractivity contribution in [1.29, 1.82) is 0 Å². The average molecular weight is 336 g/mol. The maximum atomic E-state index is 9.69. The number of aliphatic hydroxyl groups is 1. The molecule has 2 aromatic heterocycles. The van der Waals surface area contributed by atoms with Gasteiger partial charge in [0.1, 0.15) is 5.52 Å². The van der Waals surface area contributed by atoms with Gasteiger partial charge in [-0.3, -0.25) is 9.97 Å². The van der Waals surface area contributed by atoms with Gasteiger partial charge in [0.2, 0.25) is 0 Å². The largest absolute Gasteiger partial charge is 0.393 e. The fourth-order valence-corrected chi connectivity index (χ4v) is 3.19. The van der Waals surface area contributed by atoms with E-state index in [1.54, 1.807) is 0 Å². The maximum Gasteiger partial charge on any atom is 0.112 e. The summed E-state index contributed by atoms with van der Waals surface area (Å²) in [5, 5.41) is 9.69. The number of fused-ring (bicyclic) bond motifs is 1. The maximum absolute atomic E-state index is 9.69. The predicted molar refractivity (Wildman–Crippen MR) is 83.9 cm³/mol. The zero-order valence-corrected chi connectivity index (χ0v) is 13.0. The van der Waals surface area contributed by atoms with Crippen LogP contribution in [0.2, 0.25) is 0 Å². The van der Waals surface area contributed by atoms with E-state index in [0.29, 0.717) is 5.92 Å². The van der Waals surface area contributed by atoms with Gasteiger partial charge in [-0.1, -0.05) is 0 Å². The number of anilines is 1. The second-order valence-corrected chi connectivity index (χ2v) is 6.33. The van der Waals surface area contributed by atoms with Gasteiger partial charge in [-0.25, -0.2) is 0 Å². The van der Waals surface area contributed by atoms with Gasteiger partial charge in [0.25, 0.3) is 0 Å².